The number of ether oxygens (including phenoxy) is 1. The molecule has 0 aliphatic rings. The molecular weight excluding hydrogens is 376 g/mol. The molecule has 0 aliphatic carbocycles. The SMILES string of the molecule is Cc1cccc(OCCCn2nc(Cn3cnc4ncn(C)c4c3=O)oc2=O)c1. The number of nitrogens with zero attached hydrogens (tertiary/aromatic N) is 6. The van der Waals surface area contributed by atoms with Crippen molar-refractivity contribution in [2.24, 2.45) is 7.05 Å². The molecular formula is C19H20N6O4. The van der Waals surface area contributed by atoms with Crippen molar-refractivity contribution in [3.63, 3.8) is 0 Å². The van der Waals surface area contributed by atoms with Gasteiger partial charge in [-0.15, -0.1) is 5.10 Å². The molecule has 0 unspecified atom stereocenters. The molecule has 4 aromatic rings. The second kappa shape index (κ2) is 7.74. The highest BCUT2D eigenvalue weighted by Crippen LogP contribution is 2.12. The van der Waals surface area contributed by atoms with Crippen LogP contribution in [0, 0.1) is 6.92 Å². The zero-order valence-electron chi connectivity index (χ0n) is 16.1. The largest absolute Gasteiger partial charge is 0.494 e. The van der Waals surface area contributed by atoms with Crippen LogP contribution in [0.2, 0.25) is 0 Å². The van der Waals surface area contributed by atoms with Crippen molar-refractivity contribution >= 4 is 11.2 Å². The van der Waals surface area contributed by atoms with Gasteiger partial charge in [-0.1, -0.05) is 12.1 Å². The van der Waals surface area contributed by atoms with Crippen LogP contribution in [-0.4, -0.2) is 35.5 Å². The van der Waals surface area contributed by atoms with E-state index in [0.717, 1.165) is 11.3 Å². The van der Waals surface area contributed by atoms with Crippen molar-refractivity contribution in [1.29, 1.82) is 0 Å². The van der Waals surface area contributed by atoms with Crippen molar-refractivity contribution in [3.05, 3.63) is 69.3 Å². The molecule has 10 nitrogen and oxygen atoms in total. The first kappa shape index (κ1) is 18.7. The van der Waals surface area contributed by atoms with Crippen molar-refractivity contribution in [2.45, 2.75) is 26.4 Å². The predicted molar refractivity (Wildman–Crippen MR) is 104 cm³/mol. The standard InChI is InChI=1S/C19H20N6O4/c1-13-5-3-6-14(9-13)28-8-4-7-25-19(27)29-15(22-25)10-24-12-21-17-16(18(24)26)23(2)11-20-17/h3,5-6,9,11-12H,4,7-8,10H2,1-2H3. The van der Waals surface area contributed by atoms with Gasteiger partial charge in [-0.2, -0.15) is 4.68 Å². The molecule has 3 aromatic heterocycles. The van der Waals surface area contributed by atoms with Gasteiger partial charge >= 0.3 is 5.76 Å². The van der Waals surface area contributed by atoms with E-state index < -0.39 is 5.76 Å². The van der Waals surface area contributed by atoms with Gasteiger partial charge in [-0.25, -0.2) is 14.8 Å². The second-order valence-corrected chi connectivity index (χ2v) is 6.71. The fourth-order valence-electron chi connectivity index (χ4n) is 2.99. The summed E-state index contributed by atoms with van der Waals surface area (Å²) in [5.41, 5.74) is 1.59. The summed E-state index contributed by atoms with van der Waals surface area (Å²) in [6.45, 7) is 2.80. The molecule has 0 amide bonds. The number of aryl methyl sites for hydroxylation is 3. The Hall–Kier alpha value is -3.69. The highest BCUT2D eigenvalue weighted by atomic mass is 16.5. The quantitative estimate of drug-likeness (QED) is 0.430. The van der Waals surface area contributed by atoms with Gasteiger partial charge < -0.3 is 13.7 Å². The first-order chi connectivity index (χ1) is 14.0. The molecule has 29 heavy (non-hydrogen) atoms. The molecule has 0 saturated carbocycles. The molecule has 1 aromatic carbocycles. The molecule has 0 fully saturated rings. The van der Waals surface area contributed by atoms with Gasteiger partial charge in [0.2, 0.25) is 5.89 Å². The van der Waals surface area contributed by atoms with Crippen LogP contribution in [0.1, 0.15) is 17.9 Å². The van der Waals surface area contributed by atoms with Gasteiger partial charge in [0.05, 0.1) is 19.5 Å². The topological polar surface area (TPSA) is 110 Å². The summed E-state index contributed by atoms with van der Waals surface area (Å²) in [5.74, 6) is 0.355. The number of hydrogen-bond donors (Lipinski definition) is 0. The molecule has 3 heterocycles. The maximum Gasteiger partial charge on any atom is 0.437 e. The number of benzene rings is 1. The summed E-state index contributed by atoms with van der Waals surface area (Å²) in [7, 11) is 1.72. The van der Waals surface area contributed by atoms with E-state index in [1.165, 1.54) is 21.9 Å². The van der Waals surface area contributed by atoms with E-state index in [4.69, 9.17) is 9.15 Å². The van der Waals surface area contributed by atoms with E-state index in [0.29, 0.717) is 30.7 Å². The van der Waals surface area contributed by atoms with Gasteiger partial charge in [0.15, 0.2) is 11.2 Å². The van der Waals surface area contributed by atoms with Crippen molar-refractivity contribution < 1.29 is 9.15 Å². The van der Waals surface area contributed by atoms with Crippen LogP contribution in [0.15, 0.2) is 50.9 Å². The van der Waals surface area contributed by atoms with Gasteiger partial charge in [0, 0.05) is 13.5 Å². The normalized spacial score (nSPS) is 11.2. The second-order valence-electron chi connectivity index (χ2n) is 6.71. The Morgan fingerprint density at radius 3 is 2.83 bits per heavy atom. The Morgan fingerprint density at radius 1 is 1.17 bits per heavy atom. The summed E-state index contributed by atoms with van der Waals surface area (Å²) in [6.07, 6.45) is 3.48. The molecule has 0 bridgehead atoms. The lowest BCUT2D eigenvalue weighted by molar-refractivity contribution is 0.295. The minimum atomic E-state index is -0.571. The minimum Gasteiger partial charge on any atom is -0.494 e. The van der Waals surface area contributed by atoms with Gasteiger partial charge in [0.25, 0.3) is 5.56 Å². The molecule has 10 heteroatoms. The summed E-state index contributed by atoms with van der Waals surface area (Å²) < 4.78 is 15.0. The summed E-state index contributed by atoms with van der Waals surface area (Å²) >= 11 is 0. The first-order valence-electron chi connectivity index (χ1n) is 9.14. The fraction of sp³-hybridized carbons (Fsp3) is 0.316. The van der Waals surface area contributed by atoms with Crippen molar-refractivity contribution in [1.82, 2.24) is 28.9 Å². The monoisotopic (exact) mass is 396 g/mol. The van der Waals surface area contributed by atoms with Crippen molar-refractivity contribution in [3.8, 4) is 5.75 Å². The summed E-state index contributed by atoms with van der Waals surface area (Å²) in [6, 6.07) is 7.76. The Morgan fingerprint density at radius 2 is 2.00 bits per heavy atom. The molecule has 150 valence electrons. The zero-order valence-corrected chi connectivity index (χ0v) is 16.1. The summed E-state index contributed by atoms with van der Waals surface area (Å²) in [5, 5.41) is 4.17. The maximum atomic E-state index is 12.6. The van der Waals surface area contributed by atoms with Crippen LogP contribution < -0.4 is 16.1 Å². The molecule has 0 N–H and O–H groups in total. The van der Waals surface area contributed by atoms with Crippen LogP contribution in [0.4, 0.5) is 0 Å². The predicted octanol–water partition coefficient (Wildman–Crippen LogP) is 1.11. The average Bonchev–Trinajstić information content (AvgIpc) is 3.24. The molecule has 0 atom stereocenters. The number of imidazole rings is 1. The third-order valence-electron chi connectivity index (χ3n) is 4.43. The molecule has 0 radical (unpaired) electrons. The lowest BCUT2D eigenvalue weighted by Gasteiger charge is -2.06. The number of hydrogen-bond acceptors (Lipinski definition) is 7. The van der Waals surface area contributed by atoms with Crippen LogP contribution in [0.25, 0.3) is 11.2 Å². The molecule has 0 saturated heterocycles. The van der Waals surface area contributed by atoms with E-state index in [1.54, 1.807) is 11.6 Å². The first-order valence-corrected chi connectivity index (χ1v) is 9.14. The Labute approximate surface area is 165 Å². The third-order valence-corrected chi connectivity index (χ3v) is 4.43. The highest BCUT2D eigenvalue weighted by Gasteiger charge is 2.13. The smallest absolute Gasteiger partial charge is 0.437 e. The number of aromatic nitrogens is 6. The maximum absolute atomic E-state index is 12.6. The van der Waals surface area contributed by atoms with E-state index in [-0.39, 0.29) is 18.0 Å². The van der Waals surface area contributed by atoms with Crippen LogP contribution in [0.3, 0.4) is 0 Å². The van der Waals surface area contributed by atoms with Crippen LogP contribution in [-0.2, 0) is 20.1 Å². The van der Waals surface area contributed by atoms with E-state index >= 15 is 0 Å². The highest BCUT2D eigenvalue weighted by molar-refractivity contribution is 5.68. The van der Waals surface area contributed by atoms with E-state index in [9.17, 15) is 9.59 Å². The average molecular weight is 396 g/mol. The number of fused-ring (bicyclic) bond motifs is 1. The Bertz CT molecular complexity index is 1270. The van der Waals surface area contributed by atoms with Gasteiger partial charge in [-0.05, 0) is 24.6 Å². The van der Waals surface area contributed by atoms with E-state index in [2.05, 4.69) is 15.1 Å². The third kappa shape index (κ3) is 3.96. The molecule has 4 rings (SSSR count). The Balaban J connectivity index is 1.40. The molecule has 0 spiro atoms. The van der Waals surface area contributed by atoms with Crippen LogP contribution in [0.5, 0.6) is 5.75 Å². The Kier molecular flexibility index (Phi) is 4.98. The van der Waals surface area contributed by atoms with Gasteiger partial charge in [0.1, 0.15) is 18.6 Å². The lowest BCUT2D eigenvalue weighted by Crippen LogP contribution is -2.22. The zero-order chi connectivity index (χ0) is 20.4. The minimum absolute atomic E-state index is 0.00891. The summed E-state index contributed by atoms with van der Waals surface area (Å²) in [4.78, 5) is 32.8. The molecule has 0 aliphatic heterocycles. The van der Waals surface area contributed by atoms with E-state index in [1.807, 2.05) is 31.2 Å². The number of rotatable bonds is 7. The lowest BCUT2D eigenvalue weighted by atomic mass is 10.2. The fourth-order valence-corrected chi connectivity index (χ4v) is 2.99. The van der Waals surface area contributed by atoms with Crippen LogP contribution >= 0.6 is 0 Å². The van der Waals surface area contributed by atoms with Crippen molar-refractivity contribution in [2.75, 3.05) is 6.61 Å². The van der Waals surface area contributed by atoms with Gasteiger partial charge in [-0.3, -0.25) is 9.36 Å².